The van der Waals surface area contributed by atoms with E-state index in [9.17, 15) is 5.11 Å². The van der Waals surface area contributed by atoms with Gasteiger partial charge in [-0.25, -0.2) is 0 Å². The number of methoxy groups -OCH3 is 1. The average molecular weight is 264 g/mol. The minimum absolute atomic E-state index is 0.287. The maximum absolute atomic E-state index is 9.59. The predicted molar refractivity (Wildman–Crippen MR) is 75.7 cm³/mol. The first-order valence-corrected chi connectivity index (χ1v) is 7.12. The Bertz CT molecular complexity index is 414. The van der Waals surface area contributed by atoms with Crippen molar-refractivity contribution in [2.75, 3.05) is 7.11 Å². The summed E-state index contributed by atoms with van der Waals surface area (Å²) in [5.74, 6) is 2.23. The summed E-state index contributed by atoms with van der Waals surface area (Å²) >= 11 is 0. The highest BCUT2D eigenvalue weighted by atomic mass is 16.5. The van der Waals surface area contributed by atoms with Gasteiger partial charge in [0.2, 0.25) is 0 Å². The summed E-state index contributed by atoms with van der Waals surface area (Å²) in [6.07, 6.45) is 4.57. The molecule has 1 aromatic carbocycles. The molecular formula is C16H24O3. The first kappa shape index (κ1) is 14.2. The Kier molecular flexibility index (Phi) is 4.70. The number of benzene rings is 1. The van der Waals surface area contributed by atoms with Crippen molar-refractivity contribution in [2.45, 2.75) is 51.7 Å². The third kappa shape index (κ3) is 3.63. The van der Waals surface area contributed by atoms with Crippen molar-refractivity contribution >= 4 is 0 Å². The monoisotopic (exact) mass is 264 g/mol. The van der Waals surface area contributed by atoms with E-state index in [4.69, 9.17) is 9.47 Å². The van der Waals surface area contributed by atoms with Gasteiger partial charge in [0.05, 0.1) is 19.3 Å². The van der Waals surface area contributed by atoms with E-state index in [1.165, 1.54) is 12.8 Å². The van der Waals surface area contributed by atoms with Crippen LogP contribution < -0.4 is 9.47 Å². The van der Waals surface area contributed by atoms with Crippen molar-refractivity contribution in [2.24, 2.45) is 5.92 Å². The Morgan fingerprint density at radius 2 is 2.05 bits per heavy atom. The van der Waals surface area contributed by atoms with Crippen molar-refractivity contribution in [3.8, 4) is 11.5 Å². The van der Waals surface area contributed by atoms with Crippen LogP contribution in [0.15, 0.2) is 18.2 Å². The topological polar surface area (TPSA) is 38.7 Å². The number of aliphatic hydroxyl groups excluding tert-OH is 1. The first-order chi connectivity index (χ1) is 9.10. The second-order valence-electron chi connectivity index (χ2n) is 5.60. The molecule has 0 aromatic heterocycles. The number of aliphatic hydroxyl groups is 1. The fourth-order valence-corrected chi connectivity index (χ4v) is 2.71. The van der Waals surface area contributed by atoms with E-state index in [0.717, 1.165) is 30.1 Å². The number of hydrogen-bond donors (Lipinski definition) is 1. The lowest BCUT2D eigenvalue weighted by molar-refractivity contribution is 0.125. The van der Waals surface area contributed by atoms with E-state index in [0.29, 0.717) is 5.75 Å². The third-order valence-electron chi connectivity index (χ3n) is 3.85. The molecule has 3 heteroatoms. The highest BCUT2D eigenvalue weighted by Gasteiger charge is 2.21. The molecular weight excluding hydrogens is 240 g/mol. The second-order valence-corrected chi connectivity index (χ2v) is 5.60. The Morgan fingerprint density at radius 1 is 1.26 bits per heavy atom. The summed E-state index contributed by atoms with van der Waals surface area (Å²) in [5.41, 5.74) is 0.848. The molecule has 2 rings (SSSR count). The molecule has 3 unspecified atom stereocenters. The van der Waals surface area contributed by atoms with Gasteiger partial charge in [0, 0.05) is 0 Å². The van der Waals surface area contributed by atoms with E-state index in [1.54, 1.807) is 14.0 Å². The van der Waals surface area contributed by atoms with Gasteiger partial charge in [0.15, 0.2) is 11.5 Å². The molecule has 1 N–H and O–H groups in total. The van der Waals surface area contributed by atoms with Gasteiger partial charge in [-0.05, 0) is 49.8 Å². The lowest BCUT2D eigenvalue weighted by atomic mass is 9.89. The summed E-state index contributed by atoms with van der Waals surface area (Å²) < 4.78 is 11.4. The van der Waals surface area contributed by atoms with E-state index in [1.807, 2.05) is 18.2 Å². The van der Waals surface area contributed by atoms with E-state index < -0.39 is 6.10 Å². The summed E-state index contributed by atoms with van der Waals surface area (Å²) in [5, 5.41) is 9.59. The summed E-state index contributed by atoms with van der Waals surface area (Å²) in [6, 6.07) is 5.65. The van der Waals surface area contributed by atoms with Crippen LogP contribution >= 0.6 is 0 Å². The molecule has 0 aliphatic heterocycles. The zero-order valence-corrected chi connectivity index (χ0v) is 12.1. The SMILES string of the molecule is COc1cc(C(C)O)ccc1OC1CCCC(C)C1. The molecule has 0 radical (unpaired) electrons. The molecule has 1 saturated carbocycles. The Hall–Kier alpha value is -1.22. The molecule has 1 aliphatic carbocycles. The zero-order valence-electron chi connectivity index (χ0n) is 12.1. The first-order valence-electron chi connectivity index (χ1n) is 7.12. The zero-order chi connectivity index (χ0) is 13.8. The van der Waals surface area contributed by atoms with Crippen molar-refractivity contribution in [3.05, 3.63) is 23.8 Å². The molecule has 0 bridgehead atoms. The van der Waals surface area contributed by atoms with Gasteiger partial charge in [0.25, 0.3) is 0 Å². The van der Waals surface area contributed by atoms with Gasteiger partial charge < -0.3 is 14.6 Å². The van der Waals surface area contributed by atoms with Crippen LogP contribution in [0.1, 0.15) is 51.2 Å². The minimum atomic E-state index is -0.488. The summed E-state index contributed by atoms with van der Waals surface area (Å²) in [6.45, 7) is 4.03. The smallest absolute Gasteiger partial charge is 0.161 e. The van der Waals surface area contributed by atoms with E-state index >= 15 is 0 Å². The molecule has 3 nitrogen and oxygen atoms in total. The maximum atomic E-state index is 9.59. The quantitative estimate of drug-likeness (QED) is 0.901. The van der Waals surface area contributed by atoms with Gasteiger partial charge in [-0.1, -0.05) is 19.4 Å². The van der Waals surface area contributed by atoms with Crippen molar-refractivity contribution < 1.29 is 14.6 Å². The van der Waals surface area contributed by atoms with E-state index in [-0.39, 0.29) is 6.10 Å². The lowest BCUT2D eigenvalue weighted by Crippen LogP contribution is -2.24. The molecule has 1 fully saturated rings. The largest absolute Gasteiger partial charge is 0.493 e. The predicted octanol–water partition coefficient (Wildman–Crippen LogP) is 3.71. The second kappa shape index (κ2) is 6.29. The normalized spacial score (nSPS) is 24.8. The van der Waals surface area contributed by atoms with Crippen LogP contribution in [0.5, 0.6) is 11.5 Å². The fourth-order valence-electron chi connectivity index (χ4n) is 2.71. The van der Waals surface area contributed by atoms with Crippen LogP contribution in [0, 0.1) is 5.92 Å². The van der Waals surface area contributed by atoms with Gasteiger partial charge in [-0.3, -0.25) is 0 Å². The highest BCUT2D eigenvalue weighted by Crippen LogP contribution is 2.34. The molecule has 0 heterocycles. The Morgan fingerprint density at radius 3 is 2.68 bits per heavy atom. The summed E-state index contributed by atoms with van der Waals surface area (Å²) in [4.78, 5) is 0. The molecule has 0 amide bonds. The molecule has 0 saturated heterocycles. The van der Waals surface area contributed by atoms with Crippen LogP contribution in [0.2, 0.25) is 0 Å². The standard InChI is InChI=1S/C16H24O3/c1-11-5-4-6-14(9-11)19-15-8-7-13(12(2)17)10-16(15)18-3/h7-8,10-12,14,17H,4-6,9H2,1-3H3. The maximum Gasteiger partial charge on any atom is 0.161 e. The summed E-state index contributed by atoms with van der Waals surface area (Å²) in [7, 11) is 1.64. The van der Waals surface area contributed by atoms with Crippen LogP contribution in [-0.2, 0) is 0 Å². The van der Waals surface area contributed by atoms with Gasteiger partial charge in [0.1, 0.15) is 0 Å². The van der Waals surface area contributed by atoms with Gasteiger partial charge >= 0.3 is 0 Å². The number of rotatable bonds is 4. The molecule has 19 heavy (non-hydrogen) atoms. The molecule has 1 aliphatic rings. The van der Waals surface area contributed by atoms with Gasteiger partial charge in [-0.2, -0.15) is 0 Å². The highest BCUT2D eigenvalue weighted by molar-refractivity contribution is 5.43. The van der Waals surface area contributed by atoms with Crippen LogP contribution in [-0.4, -0.2) is 18.3 Å². The average Bonchev–Trinajstić information content (AvgIpc) is 2.39. The molecule has 0 spiro atoms. The number of ether oxygens (including phenoxy) is 2. The minimum Gasteiger partial charge on any atom is -0.493 e. The van der Waals surface area contributed by atoms with Crippen molar-refractivity contribution in [1.29, 1.82) is 0 Å². The lowest BCUT2D eigenvalue weighted by Gasteiger charge is -2.28. The van der Waals surface area contributed by atoms with Crippen LogP contribution in [0.25, 0.3) is 0 Å². The van der Waals surface area contributed by atoms with Crippen LogP contribution in [0.3, 0.4) is 0 Å². The Balaban J connectivity index is 2.11. The van der Waals surface area contributed by atoms with Crippen molar-refractivity contribution in [1.82, 2.24) is 0 Å². The number of hydrogen-bond acceptors (Lipinski definition) is 3. The molecule has 3 atom stereocenters. The third-order valence-corrected chi connectivity index (χ3v) is 3.85. The van der Waals surface area contributed by atoms with Crippen LogP contribution in [0.4, 0.5) is 0 Å². The van der Waals surface area contributed by atoms with Crippen molar-refractivity contribution in [3.63, 3.8) is 0 Å². The fraction of sp³-hybridized carbons (Fsp3) is 0.625. The van der Waals surface area contributed by atoms with Gasteiger partial charge in [-0.15, -0.1) is 0 Å². The molecule has 106 valence electrons. The molecule has 1 aromatic rings. The van der Waals surface area contributed by atoms with E-state index in [2.05, 4.69) is 6.92 Å². The Labute approximate surface area is 115 Å².